The van der Waals surface area contributed by atoms with Crippen LogP contribution in [0, 0.1) is 5.92 Å². The Labute approximate surface area is 150 Å². The summed E-state index contributed by atoms with van der Waals surface area (Å²) in [5.41, 5.74) is 1.06. The van der Waals surface area contributed by atoms with Gasteiger partial charge in [0, 0.05) is 24.1 Å². The van der Waals surface area contributed by atoms with E-state index in [0.717, 1.165) is 38.0 Å². The zero-order valence-corrected chi connectivity index (χ0v) is 15.9. The third kappa shape index (κ3) is 4.78. The monoisotopic (exact) mass is 350 g/mol. The van der Waals surface area contributed by atoms with Crippen LogP contribution in [0.1, 0.15) is 32.3 Å². The fourth-order valence-electron chi connectivity index (χ4n) is 3.28. The number of rotatable bonds is 7. The minimum Gasteiger partial charge on any atom is -0.493 e. The minimum absolute atomic E-state index is 0.117. The molecule has 1 aromatic carbocycles. The summed E-state index contributed by atoms with van der Waals surface area (Å²) in [7, 11) is 4.87. The Hall–Kier alpha value is -1.95. The summed E-state index contributed by atoms with van der Waals surface area (Å²) in [6, 6.07) is 4.11. The number of carbonyl (C=O) groups is 1. The number of piperidine rings is 1. The van der Waals surface area contributed by atoms with Gasteiger partial charge in [-0.3, -0.25) is 9.69 Å². The normalized spacial score (nSPS) is 15.9. The Morgan fingerprint density at radius 3 is 2.28 bits per heavy atom. The Bertz CT molecular complexity index is 581. The molecule has 1 aliphatic heterocycles. The fraction of sp³-hybridized carbons (Fsp3) is 0.632. The van der Waals surface area contributed by atoms with Crippen molar-refractivity contribution in [1.29, 1.82) is 0 Å². The first-order valence-corrected chi connectivity index (χ1v) is 8.80. The highest BCUT2D eigenvalue weighted by molar-refractivity contribution is 5.79. The van der Waals surface area contributed by atoms with Crippen molar-refractivity contribution in [3.05, 3.63) is 17.7 Å². The van der Waals surface area contributed by atoms with E-state index in [9.17, 15) is 4.79 Å². The molecule has 1 heterocycles. The van der Waals surface area contributed by atoms with Crippen molar-refractivity contribution in [3.63, 3.8) is 0 Å². The molecule has 1 fully saturated rings. The molecule has 1 saturated heterocycles. The molecule has 1 aromatic rings. The van der Waals surface area contributed by atoms with Crippen LogP contribution in [0.4, 0.5) is 0 Å². The fourth-order valence-corrected chi connectivity index (χ4v) is 3.28. The Balaban J connectivity index is 2.01. The molecule has 1 aliphatic rings. The average Bonchev–Trinajstić information content (AvgIpc) is 2.61. The van der Waals surface area contributed by atoms with Crippen LogP contribution in [-0.2, 0) is 11.3 Å². The topological polar surface area (TPSA) is 60.0 Å². The van der Waals surface area contributed by atoms with E-state index >= 15 is 0 Å². The molecule has 0 unspecified atom stereocenters. The number of carbonyl (C=O) groups excluding carboxylic acids is 1. The predicted octanol–water partition coefficient (Wildman–Crippen LogP) is 2.45. The summed E-state index contributed by atoms with van der Waals surface area (Å²) in [5, 5.41) is 3.02. The number of hydrogen-bond donors (Lipinski definition) is 1. The van der Waals surface area contributed by atoms with Crippen LogP contribution < -0.4 is 19.5 Å². The van der Waals surface area contributed by atoms with E-state index in [1.807, 2.05) is 26.0 Å². The standard InChI is InChI=1S/C19H30N2O4/c1-13(2)20-19(22)14-8-10-21(11-9-14)12-15-6-7-16(23-3)18(25-5)17(15)24-4/h6-7,13-14H,8-12H2,1-5H3,(H,20,22). The van der Waals surface area contributed by atoms with Gasteiger partial charge < -0.3 is 19.5 Å². The number of benzene rings is 1. The highest BCUT2D eigenvalue weighted by Crippen LogP contribution is 2.40. The maximum atomic E-state index is 12.1. The number of likely N-dealkylation sites (tertiary alicyclic amines) is 1. The van der Waals surface area contributed by atoms with E-state index in [1.165, 1.54) is 0 Å². The lowest BCUT2D eigenvalue weighted by Gasteiger charge is -2.32. The van der Waals surface area contributed by atoms with E-state index in [-0.39, 0.29) is 17.9 Å². The van der Waals surface area contributed by atoms with Crippen LogP contribution >= 0.6 is 0 Å². The summed E-state index contributed by atoms with van der Waals surface area (Å²) in [4.78, 5) is 14.5. The molecule has 6 nitrogen and oxygen atoms in total. The van der Waals surface area contributed by atoms with Gasteiger partial charge >= 0.3 is 0 Å². The lowest BCUT2D eigenvalue weighted by Crippen LogP contribution is -2.42. The molecule has 0 bridgehead atoms. The molecule has 1 amide bonds. The summed E-state index contributed by atoms with van der Waals surface area (Å²) in [6.07, 6.45) is 1.77. The number of ether oxygens (including phenoxy) is 3. The maximum absolute atomic E-state index is 12.1. The summed E-state index contributed by atoms with van der Waals surface area (Å²) in [6.45, 7) is 6.55. The van der Waals surface area contributed by atoms with E-state index in [1.54, 1.807) is 21.3 Å². The minimum atomic E-state index is 0.117. The van der Waals surface area contributed by atoms with E-state index < -0.39 is 0 Å². The van der Waals surface area contributed by atoms with E-state index in [4.69, 9.17) is 14.2 Å². The van der Waals surface area contributed by atoms with Gasteiger partial charge in [-0.05, 0) is 45.8 Å². The Morgan fingerprint density at radius 2 is 1.76 bits per heavy atom. The molecule has 0 aromatic heterocycles. The van der Waals surface area contributed by atoms with Crippen LogP contribution in [0.5, 0.6) is 17.2 Å². The largest absolute Gasteiger partial charge is 0.493 e. The quantitative estimate of drug-likeness (QED) is 0.818. The third-order valence-corrected chi connectivity index (χ3v) is 4.57. The Morgan fingerprint density at radius 1 is 1.12 bits per heavy atom. The van der Waals surface area contributed by atoms with Gasteiger partial charge in [-0.25, -0.2) is 0 Å². The van der Waals surface area contributed by atoms with Crippen molar-refractivity contribution in [2.24, 2.45) is 5.92 Å². The summed E-state index contributed by atoms with van der Waals surface area (Å²) in [5.74, 6) is 2.28. The zero-order valence-electron chi connectivity index (χ0n) is 15.9. The zero-order chi connectivity index (χ0) is 18.4. The molecule has 25 heavy (non-hydrogen) atoms. The second-order valence-electron chi connectivity index (χ2n) is 6.71. The molecule has 0 atom stereocenters. The first-order valence-electron chi connectivity index (χ1n) is 8.80. The van der Waals surface area contributed by atoms with Crippen LogP contribution in [-0.4, -0.2) is 51.3 Å². The van der Waals surface area contributed by atoms with Crippen molar-refractivity contribution in [3.8, 4) is 17.2 Å². The summed E-state index contributed by atoms with van der Waals surface area (Å²) >= 11 is 0. The van der Waals surface area contributed by atoms with Crippen LogP contribution in [0.3, 0.4) is 0 Å². The van der Waals surface area contributed by atoms with E-state index in [0.29, 0.717) is 17.2 Å². The van der Waals surface area contributed by atoms with Gasteiger partial charge in [0.05, 0.1) is 21.3 Å². The molecule has 0 saturated carbocycles. The predicted molar refractivity (Wildman–Crippen MR) is 97.4 cm³/mol. The van der Waals surface area contributed by atoms with Crippen molar-refractivity contribution in [1.82, 2.24) is 10.2 Å². The van der Waals surface area contributed by atoms with Gasteiger partial charge in [-0.1, -0.05) is 6.07 Å². The first kappa shape index (κ1) is 19.4. The molecule has 1 N–H and O–H groups in total. The molecule has 0 radical (unpaired) electrons. The number of amides is 1. The van der Waals surface area contributed by atoms with Crippen molar-refractivity contribution in [2.75, 3.05) is 34.4 Å². The van der Waals surface area contributed by atoms with Crippen LogP contribution in [0.25, 0.3) is 0 Å². The lowest BCUT2D eigenvalue weighted by atomic mass is 9.95. The van der Waals surface area contributed by atoms with Gasteiger partial charge in [-0.15, -0.1) is 0 Å². The van der Waals surface area contributed by atoms with Gasteiger partial charge in [-0.2, -0.15) is 0 Å². The van der Waals surface area contributed by atoms with Crippen LogP contribution in [0.2, 0.25) is 0 Å². The van der Waals surface area contributed by atoms with Crippen molar-refractivity contribution < 1.29 is 19.0 Å². The van der Waals surface area contributed by atoms with Gasteiger partial charge in [0.2, 0.25) is 11.7 Å². The maximum Gasteiger partial charge on any atom is 0.223 e. The first-order chi connectivity index (χ1) is 12.0. The molecule has 140 valence electrons. The molecule has 2 rings (SSSR count). The molecule has 6 heteroatoms. The van der Waals surface area contributed by atoms with E-state index in [2.05, 4.69) is 10.2 Å². The molecule has 0 spiro atoms. The van der Waals surface area contributed by atoms with Crippen LogP contribution in [0.15, 0.2) is 12.1 Å². The molecular weight excluding hydrogens is 320 g/mol. The second kappa shape index (κ2) is 8.94. The highest BCUT2D eigenvalue weighted by Gasteiger charge is 2.26. The van der Waals surface area contributed by atoms with Crippen molar-refractivity contribution in [2.45, 2.75) is 39.3 Å². The van der Waals surface area contributed by atoms with Gasteiger partial charge in [0.1, 0.15) is 0 Å². The third-order valence-electron chi connectivity index (χ3n) is 4.57. The number of nitrogens with zero attached hydrogens (tertiary/aromatic N) is 1. The average molecular weight is 350 g/mol. The molecular formula is C19H30N2O4. The smallest absolute Gasteiger partial charge is 0.223 e. The SMILES string of the molecule is COc1ccc(CN2CCC(C(=O)NC(C)C)CC2)c(OC)c1OC. The van der Waals surface area contributed by atoms with Gasteiger partial charge in [0.25, 0.3) is 0 Å². The lowest BCUT2D eigenvalue weighted by molar-refractivity contribution is -0.127. The van der Waals surface area contributed by atoms with Crippen molar-refractivity contribution >= 4 is 5.91 Å². The highest BCUT2D eigenvalue weighted by atomic mass is 16.5. The Kier molecular flexibility index (Phi) is 6.93. The molecule has 0 aliphatic carbocycles. The van der Waals surface area contributed by atoms with Gasteiger partial charge in [0.15, 0.2) is 11.5 Å². The number of hydrogen-bond acceptors (Lipinski definition) is 5. The summed E-state index contributed by atoms with van der Waals surface area (Å²) < 4.78 is 16.3. The number of nitrogens with one attached hydrogen (secondary N) is 1. The second-order valence-corrected chi connectivity index (χ2v) is 6.71. The number of methoxy groups -OCH3 is 3.